The third-order valence-corrected chi connectivity index (χ3v) is 7.02. The number of esters is 1. The van der Waals surface area contributed by atoms with Crippen molar-refractivity contribution in [1.29, 1.82) is 0 Å². The van der Waals surface area contributed by atoms with Crippen molar-refractivity contribution in [2.75, 3.05) is 19.0 Å². The molecule has 1 aliphatic heterocycles. The van der Waals surface area contributed by atoms with Crippen LogP contribution in [0, 0.1) is 6.92 Å². The van der Waals surface area contributed by atoms with Crippen LogP contribution >= 0.6 is 11.6 Å². The summed E-state index contributed by atoms with van der Waals surface area (Å²) >= 11 is 5.97. The maximum absolute atomic E-state index is 14.5. The molecule has 1 saturated heterocycles. The van der Waals surface area contributed by atoms with Crippen molar-refractivity contribution in [3.63, 3.8) is 0 Å². The van der Waals surface area contributed by atoms with Gasteiger partial charge in [-0.1, -0.05) is 17.7 Å². The molecule has 0 radical (unpaired) electrons. The summed E-state index contributed by atoms with van der Waals surface area (Å²) in [5.74, 6) is -1.69. The molecule has 0 unspecified atom stereocenters. The van der Waals surface area contributed by atoms with Crippen LogP contribution in [-0.2, 0) is 20.9 Å². The second-order valence-corrected chi connectivity index (χ2v) is 10.1. The Bertz CT molecular complexity index is 1730. The molecular weight excluding hydrogens is 569 g/mol. The van der Waals surface area contributed by atoms with E-state index in [9.17, 15) is 23.6 Å². The zero-order chi connectivity index (χ0) is 30.1. The molecule has 1 fully saturated rings. The number of amides is 2. The number of hydrogen-bond acceptors (Lipinski definition) is 9. The smallest absolute Gasteiger partial charge is 0.338 e. The van der Waals surface area contributed by atoms with E-state index in [2.05, 4.69) is 30.1 Å². The molecule has 1 N–H and O–H groups in total. The fourth-order valence-electron chi connectivity index (χ4n) is 4.82. The number of benzene rings is 1. The lowest BCUT2D eigenvalue weighted by atomic mass is 10.0. The third-order valence-electron chi connectivity index (χ3n) is 6.82. The van der Waals surface area contributed by atoms with Crippen LogP contribution in [0.2, 0.25) is 5.15 Å². The fraction of sp³-hybridized carbons (Fsp3) is 0.286. The number of aromatic nitrogens is 5. The first-order valence-corrected chi connectivity index (χ1v) is 13.2. The predicted octanol–water partition coefficient (Wildman–Crippen LogP) is 3.42. The molecule has 0 spiro atoms. The minimum atomic E-state index is -1.44. The average Bonchev–Trinajstić information content (AvgIpc) is 3.53. The van der Waals surface area contributed by atoms with Crippen molar-refractivity contribution in [3.8, 4) is 11.1 Å². The molecule has 2 atom stereocenters. The number of likely N-dealkylation sites (tertiary alicyclic amines) is 1. The van der Waals surface area contributed by atoms with E-state index in [1.807, 2.05) is 0 Å². The first-order chi connectivity index (χ1) is 20.0. The minimum Gasteiger partial charge on any atom is -0.465 e. The number of pyridine rings is 1. The number of fused-ring (bicyclic) bond motifs is 1. The number of hydrogen-bond donors (Lipinski definition) is 1. The normalized spacial score (nSPS) is 16.5. The molecule has 0 saturated carbocycles. The molecule has 216 valence electrons. The zero-order valence-electron chi connectivity index (χ0n) is 22.8. The van der Waals surface area contributed by atoms with Gasteiger partial charge in [-0.05, 0) is 36.8 Å². The number of aryl methyl sites for hydroxylation is 1. The summed E-state index contributed by atoms with van der Waals surface area (Å²) in [6.07, 6.45) is 1.67. The van der Waals surface area contributed by atoms with Crippen molar-refractivity contribution in [3.05, 3.63) is 65.0 Å². The van der Waals surface area contributed by atoms with E-state index in [1.54, 1.807) is 37.5 Å². The molecule has 0 aliphatic carbocycles. The number of carbonyl (C=O) groups is 4. The maximum Gasteiger partial charge on any atom is 0.338 e. The molecule has 1 aromatic carbocycles. The summed E-state index contributed by atoms with van der Waals surface area (Å²) < 4.78 is 20.6. The van der Waals surface area contributed by atoms with Crippen molar-refractivity contribution in [2.24, 2.45) is 0 Å². The second kappa shape index (κ2) is 11.6. The van der Waals surface area contributed by atoms with Gasteiger partial charge in [0.25, 0.3) is 0 Å². The van der Waals surface area contributed by atoms with Gasteiger partial charge in [0.2, 0.25) is 11.8 Å². The van der Waals surface area contributed by atoms with E-state index < -0.39 is 30.0 Å². The van der Waals surface area contributed by atoms with Crippen molar-refractivity contribution in [1.82, 2.24) is 29.6 Å². The van der Waals surface area contributed by atoms with Crippen LogP contribution in [0.25, 0.3) is 22.0 Å². The summed E-state index contributed by atoms with van der Waals surface area (Å²) in [5, 5.41) is 7.34. The SMILES string of the molecule is COC(=O)c1cc(Cl)nc(NC(=O)[C@@H]2C[C@@H](F)CN2C(=O)Cn2nc(C(C)=O)c3cc(-c4cnc(C)nc4)ccc32)c1. The molecule has 5 rings (SSSR count). The van der Waals surface area contributed by atoms with Crippen molar-refractivity contribution in [2.45, 2.75) is 39.0 Å². The maximum atomic E-state index is 14.5. The van der Waals surface area contributed by atoms with E-state index >= 15 is 0 Å². The van der Waals surface area contributed by atoms with Crippen molar-refractivity contribution >= 4 is 51.9 Å². The highest BCUT2D eigenvalue weighted by Gasteiger charge is 2.40. The first kappa shape index (κ1) is 28.7. The Hall–Kier alpha value is -4.78. The van der Waals surface area contributed by atoms with Gasteiger partial charge < -0.3 is 15.0 Å². The molecule has 4 heterocycles. The standard InChI is InChI=1S/C28H25ClFN7O5/c1-14(38)26-20-6-16(18-10-31-15(2)32-11-18)4-5-21(20)37(35-26)13-25(39)36-12-19(30)9-22(36)27(40)34-24-8-17(28(41)42-3)7-23(29)33-24/h4-8,10-11,19,22H,9,12-13H2,1-3H3,(H,33,34,40)/t19-,22+/m1/s1. The molecule has 4 aromatic rings. The summed E-state index contributed by atoms with van der Waals surface area (Å²) in [6.45, 7) is 2.51. The molecule has 12 nitrogen and oxygen atoms in total. The van der Waals surface area contributed by atoms with Gasteiger partial charge in [-0.3, -0.25) is 19.1 Å². The Morgan fingerprint density at radius 2 is 1.86 bits per heavy atom. The van der Waals surface area contributed by atoms with Crippen LogP contribution < -0.4 is 5.32 Å². The van der Waals surface area contributed by atoms with Gasteiger partial charge in [0.15, 0.2) is 5.78 Å². The van der Waals surface area contributed by atoms with Gasteiger partial charge in [-0.15, -0.1) is 0 Å². The molecule has 1 aliphatic rings. The number of Topliss-reactive ketones (excluding diaryl/α,β-unsaturated/α-hetero) is 1. The summed E-state index contributed by atoms with van der Waals surface area (Å²) in [5.41, 5.74) is 2.24. The second-order valence-electron chi connectivity index (χ2n) is 9.75. The lowest BCUT2D eigenvalue weighted by Gasteiger charge is -2.23. The summed E-state index contributed by atoms with van der Waals surface area (Å²) in [6, 6.07) is 6.68. The van der Waals surface area contributed by atoms with Gasteiger partial charge in [0, 0.05) is 36.7 Å². The molecule has 0 bridgehead atoms. The Kier molecular flexibility index (Phi) is 7.94. The van der Waals surface area contributed by atoms with Crippen molar-refractivity contribution < 1.29 is 28.3 Å². The van der Waals surface area contributed by atoms with Gasteiger partial charge in [-0.2, -0.15) is 5.10 Å². The molecule has 3 aromatic heterocycles. The average molecular weight is 594 g/mol. The Labute approximate surface area is 243 Å². The van der Waals surface area contributed by atoms with E-state index in [-0.39, 0.29) is 47.5 Å². The van der Waals surface area contributed by atoms with Crippen LogP contribution in [0.15, 0.2) is 42.7 Å². The molecule has 2 amide bonds. The first-order valence-electron chi connectivity index (χ1n) is 12.8. The molecule has 42 heavy (non-hydrogen) atoms. The lowest BCUT2D eigenvalue weighted by molar-refractivity contribution is -0.137. The van der Waals surface area contributed by atoms with E-state index in [0.29, 0.717) is 16.7 Å². The number of anilines is 1. The summed E-state index contributed by atoms with van der Waals surface area (Å²) in [7, 11) is 1.19. The van der Waals surface area contributed by atoms with Crippen LogP contribution in [0.4, 0.5) is 10.2 Å². The van der Waals surface area contributed by atoms with Crippen LogP contribution in [0.5, 0.6) is 0 Å². The highest BCUT2D eigenvalue weighted by atomic mass is 35.5. The Morgan fingerprint density at radius 1 is 1.12 bits per heavy atom. The van der Waals surface area contributed by atoms with Gasteiger partial charge in [-0.25, -0.2) is 24.1 Å². The van der Waals surface area contributed by atoms with Crippen LogP contribution in [-0.4, -0.2) is 79.1 Å². The van der Waals surface area contributed by atoms with Gasteiger partial charge >= 0.3 is 5.97 Å². The quantitative estimate of drug-likeness (QED) is 0.193. The van der Waals surface area contributed by atoms with Gasteiger partial charge in [0.1, 0.15) is 41.2 Å². The summed E-state index contributed by atoms with van der Waals surface area (Å²) in [4.78, 5) is 64.4. The van der Waals surface area contributed by atoms with E-state index in [0.717, 1.165) is 16.0 Å². The number of carbonyl (C=O) groups excluding carboxylic acids is 4. The topological polar surface area (TPSA) is 149 Å². The van der Waals surface area contributed by atoms with Gasteiger partial charge in [0.05, 0.1) is 24.7 Å². The van der Waals surface area contributed by atoms with Crippen LogP contribution in [0.3, 0.4) is 0 Å². The number of rotatable bonds is 7. The highest BCUT2D eigenvalue weighted by molar-refractivity contribution is 6.30. The number of alkyl halides is 1. The third kappa shape index (κ3) is 5.81. The van der Waals surface area contributed by atoms with E-state index in [4.69, 9.17) is 11.6 Å². The number of nitrogens with zero attached hydrogens (tertiary/aromatic N) is 6. The monoisotopic (exact) mass is 593 g/mol. The Morgan fingerprint density at radius 3 is 2.55 bits per heavy atom. The number of nitrogens with one attached hydrogen (secondary N) is 1. The zero-order valence-corrected chi connectivity index (χ0v) is 23.6. The number of ether oxygens (including phenoxy) is 1. The number of halogens is 2. The molecular formula is C28H25ClFN7O5. The van der Waals surface area contributed by atoms with E-state index in [1.165, 1.54) is 30.8 Å². The minimum absolute atomic E-state index is 0.0541. The largest absolute Gasteiger partial charge is 0.465 e. The number of ketones is 1. The van der Waals surface area contributed by atoms with Crippen LogP contribution in [0.1, 0.15) is 40.0 Å². The lowest BCUT2D eigenvalue weighted by Crippen LogP contribution is -2.44. The Balaban J connectivity index is 1.39. The predicted molar refractivity (Wildman–Crippen MR) is 150 cm³/mol. The highest BCUT2D eigenvalue weighted by Crippen LogP contribution is 2.28. The fourth-order valence-corrected chi connectivity index (χ4v) is 5.02. The number of methoxy groups -OCH3 is 1. The molecule has 14 heteroatoms.